The van der Waals surface area contributed by atoms with E-state index in [4.69, 9.17) is 25.8 Å². The van der Waals surface area contributed by atoms with Gasteiger partial charge in [-0.1, -0.05) is 6.08 Å². The zero-order chi connectivity index (χ0) is 68.2. The summed E-state index contributed by atoms with van der Waals surface area (Å²) < 4.78 is 13.9. The van der Waals surface area contributed by atoms with E-state index in [2.05, 4.69) is 69.8 Å². The third kappa shape index (κ3) is 14.1. The minimum absolute atomic E-state index is 0.0363. The minimum Gasteiger partial charge on any atom is -0.391 e. The van der Waals surface area contributed by atoms with Gasteiger partial charge in [0.1, 0.15) is 5.82 Å². The summed E-state index contributed by atoms with van der Waals surface area (Å²) in [7, 11) is 0. The topological polar surface area (TPSA) is 282 Å². The van der Waals surface area contributed by atoms with E-state index in [-0.39, 0.29) is 66.3 Å². The van der Waals surface area contributed by atoms with E-state index in [0.29, 0.717) is 91.1 Å². The molecule has 6 bridgehead atoms. The first-order chi connectivity index (χ1) is 47.0. The van der Waals surface area contributed by atoms with Gasteiger partial charge in [0.25, 0.3) is 0 Å². The predicted molar refractivity (Wildman–Crippen MR) is 362 cm³/mol. The molecule has 14 rings (SSSR count). The van der Waals surface area contributed by atoms with Gasteiger partial charge < -0.3 is 38.3 Å². The molecule has 97 heavy (non-hydrogen) atoms. The monoisotopic (exact) mass is 1300 g/mol. The number of fused-ring (bicyclic) bond motifs is 6. The standard InChI is InChI=1S/C27H29N5O2.C26H28N4O2.C24H26N4O3/c1-18-24(27(34)17-31-22-9-10-25(31)26(33)15-22)14-23(4-3-12-30-13-11-29-19(30)2)32(18)21-7-5-20(16-28)6-8-21;1-16-23(26(32)15-29-21-6-7-24(29)25(31)12-21)11-22(10-18-8-19(9-18)14-28)30(16)20-4-2-17(13-27)3-5-20;1-16-21(24(30)14-27-19-7-8-22(27)23(29)12-19)11-20(15-31-10-2-9-25)28(16)18-5-3-17(13-26)4-6-18/h3-8,11,13-14,22,25-26,33H,9-10,12,15,17H2,1-2H3;2-5,11,18-19,21,24-25,31H,6-10,12,15H2,1H3;3-6,11,19,22-23,29H,2,7-8,10,12,14-15H2,1H3/b4-3+;;/t22?,25?,26-;18?,19?,21?,24?,25-;19?,22?,23-/m000/s1. The largest absolute Gasteiger partial charge is 0.391 e. The number of carbonyl (C=O) groups excluding carboxylic acids is 3. The van der Waals surface area contributed by atoms with Crippen molar-refractivity contribution in [3.63, 3.8) is 0 Å². The molecule has 0 amide bonds. The minimum atomic E-state index is -0.333. The second-order valence-corrected chi connectivity index (χ2v) is 27.3. The average Bonchev–Trinajstić information content (AvgIpc) is 1.65. The molecule has 6 aliphatic heterocycles. The fraction of sp³-hybridized carbons (Fsp3) is 0.442. The number of hydrogen-bond acceptors (Lipinski definition) is 16. The van der Waals surface area contributed by atoms with Crippen molar-refractivity contribution in [2.75, 3.05) is 26.2 Å². The quantitative estimate of drug-likeness (QED) is 0.0445. The number of ketones is 3. The summed E-state index contributed by atoms with van der Waals surface area (Å²) in [6, 6.07) is 40.0. The molecule has 3 aromatic carbocycles. The summed E-state index contributed by atoms with van der Waals surface area (Å²) in [5.74, 6) is 1.77. The van der Waals surface area contributed by atoms with E-state index in [0.717, 1.165) is 140 Å². The Kier molecular flexibility index (Phi) is 20.6. The molecule has 6 unspecified atom stereocenters. The number of carbonyl (C=O) groups is 3. The van der Waals surface area contributed by atoms with Crippen molar-refractivity contribution in [2.45, 2.75) is 179 Å². The number of aliphatic hydroxyl groups is 3. The van der Waals surface area contributed by atoms with Crippen LogP contribution in [-0.2, 0) is 24.3 Å². The summed E-state index contributed by atoms with van der Waals surface area (Å²) in [6.07, 6.45) is 18.2. The lowest BCUT2D eigenvalue weighted by Gasteiger charge is -2.31. The third-order valence-electron chi connectivity index (χ3n) is 21.5. The second kappa shape index (κ2) is 29.5. The number of allylic oxidation sites excluding steroid dienone is 1. The second-order valence-electron chi connectivity index (χ2n) is 27.3. The molecule has 498 valence electrons. The van der Waals surface area contributed by atoms with Crippen LogP contribution in [0.2, 0.25) is 0 Å². The summed E-state index contributed by atoms with van der Waals surface area (Å²) in [6.45, 7) is 10.1. The molecule has 20 heteroatoms. The van der Waals surface area contributed by atoms with Crippen LogP contribution in [0.5, 0.6) is 0 Å². The molecule has 20 nitrogen and oxygen atoms in total. The molecule has 0 radical (unpaired) electrons. The van der Waals surface area contributed by atoms with Crippen LogP contribution in [0, 0.1) is 96.2 Å². The Labute approximate surface area is 566 Å². The normalized spacial score (nSPS) is 24.4. The Morgan fingerprint density at radius 3 is 1.37 bits per heavy atom. The highest BCUT2D eigenvalue weighted by atomic mass is 16.5. The van der Waals surface area contributed by atoms with Crippen LogP contribution in [-0.4, -0.2) is 151 Å². The van der Waals surface area contributed by atoms with Gasteiger partial charge in [-0.25, -0.2) is 4.98 Å². The van der Waals surface area contributed by atoms with Crippen molar-refractivity contribution < 1.29 is 34.4 Å². The number of aromatic nitrogens is 5. The Bertz CT molecular complexity index is 4310. The molecule has 6 saturated heterocycles. The summed E-state index contributed by atoms with van der Waals surface area (Å²) in [5.41, 5.74) is 12.0. The van der Waals surface area contributed by atoms with E-state index in [9.17, 15) is 35.0 Å². The van der Waals surface area contributed by atoms with Crippen LogP contribution in [0.25, 0.3) is 23.1 Å². The highest BCUT2D eigenvalue weighted by molar-refractivity contribution is 6.01. The van der Waals surface area contributed by atoms with Gasteiger partial charge in [-0.15, -0.1) is 0 Å². The molecule has 7 aliphatic rings. The molecule has 9 atom stereocenters. The summed E-state index contributed by atoms with van der Waals surface area (Å²) >= 11 is 0. The first kappa shape index (κ1) is 67.6. The number of nitriles is 5. The maximum Gasteiger partial charge on any atom is 0.178 e. The lowest BCUT2D eigenvalue weighted by atomic mass is 9.73. The highest BCUT2D eigenvalue weighted by Crippen LogP contribution is 2.42. The molecule has 1 saturated carbocycles. The van der Waals surface area contributed by atoms with Crippen molar-refractivity contribution in [1.82, 2.24) is 38.0 Å². The van der Waals surface area contributed by atoms with Crippen LogP contribution in [0.3, 0.4) is 0 Å². The zero-order valence-corrected chi connectivity index (χ0v) is 55.5. The number of nitrogens with zero attached hydrogens (tertiary/aromatic N) is 13. The van der Waals surface area contributed by atoms with E-state index < -0.39 is 0 Å². The van der Waals surface area contributed by atoms with Gasteiger partial charge in [-0.05, 0) is 208 Å². The van der Waals surface area contributed by atoms with Crippen LogP contribution < -0.4 is 0 Å². The van der Waals surface area contributed by atoms with Crippen molar-refractivity contribution in [3.05, 3.63) is 183 Å². The molecule has 7 aromatic rings. The van der Waals surface area contributed by atoms with E-state index in [1.807, 2.05) is 99.1 Å². The van der Waals surface area contributed by atoms with Gasteiger partial charge in [0.05, 0.1) is 105 Å². The lowest BCUT2D eigenvalue weighted by Crippen LogP contribution is -2.36. The van der Waals surface area contributed by atoms with Crippen molar-refractivity contribution in [2.24, 2.45) is 11.8 Å². The Morgan fingerprint density at radius 2 is 0.979 bits per heavy atom. The maximum absolute atomic E-state index is 13.4. The Balaban J connectivity index is 0.000000139. The number of rotatable bonds is 21. The number of aliphatic hydroxyl groups excluding tert-OH is 3. The number of benzene rings is 3. The molecule has 0 spiro atoms. The highest BCUT2D eigenvalue weighted by Gasteiger charge is 2.48. The fourth-order valence-corrected chi connectivity index (χ4v) is 16.5. The number of imidazole rings is 1. The number of Topliss-reactive ketones (excluding diaryl/α,β-unsaturated/α-hetero) is 3. The molecule has 10 heterocycles. The first-order valence-corrected chi connectivity index (χ1v) is 34.0. The van der Waals surface area contributed by atoms with E-state index >= 15 is 0 Å². The van der Waals surface area contributed by atoms with E-state index in [1.54, 1.807) is 42.6 Å². The smallest absolute Gasteiger partial charge is 0.178 e. The lowest BCUT2D eigenvalue weighted by molar-refractivity contribution is 0.0864. The molecule has 1 aliphatic carbocycles. The molecular weight excluding hydrogens is 1220 g/mol. The number of ether oxygens (including phenoxy) is 1. The zero-order valence-electron chi connectivity index (χ0n) is 55.5. The molecule has 4 aromatic heterocycles. The molecular formula is C77H83N13O7. The summed E-state index contributed by atoms with van der Waals surface area (Å²) in [5, 5.41) is 76.0. The predicted octanol–water partition coefficient (Wildman–Crippen LogP) is 10.1. The fourth-order valence-electron chi connectivity index (χ4n) is 16.5. The molecule has 3 N–H and O–H groups in total. The maximum atomic E-state index is 13.4. The van der Waals surface area contributed by atoms with Gasteiger partial charge in [0.15, 0.2) is 17.3 Å². The third-order valence-corrected chi connectivity index (χ3v) is 21.5. The Hall–Kier alpha value is -9.37. The van der Waals surface area contributed by atoms with Gasteiger partial charge in [-0.2, -0.15) is 26.3 Å². The number of hydrogen-bond donors (Lipinski definition) is 3. The van der Waals surface area contributed by atoms with E-state index in [1.165, 1.54) is 0 Å². The number of aryl methyl sites for hydroxylation is 1. The van der Waals surface area contributed by atoms with Crippen LogP contribution in [0.1, 0.15) is 165 Å². The van der Waals surface area contributed by atoms with Crippen molar-refractivity contribution in [1.29, 1.82) is 26.3 Å². The molecule has 7 fully saturated rings. The van der Waals surface area contributed by atoms with Crippen molar-refractivity contribution >= 4 is 23.4 Å². The Morgan fingerprint density at radius 1 is 0.557 bits per heavy atom. The van der Waals surface area contributed by atoms with Gasteiger partial charge in [0, 0.05) is 129 Å². The van der Waals surface area contributed by atoms with Gasteiger partial charge >= 0.3 is 0 Å². The summed E-state index contributed by atoms with van der Waals surface area (Å²) in [4.78, 5) is 50.9. The van der Waals surface area contributed by atoms with Crippen molar-refractivity contribution in [3.8, 4) is 47.4 Å². The SMILES string of the molecule is Cc1c(C(=O)CN2C3CCC2[C@@H](O)C3)cc(CC2CC(C#N)C2)n1-c1ccc(C#N)cc1.Cc1c(C(=O)CN2C3CCC2[C@@H](O)C3)cc(COCCC#N)n1-c1ccc(C#N)cc1.Cc1nccn1C/C=C/c1cc(C(=O)CN2C3CCC2[C@@H](O)C3)c(C)n1-c1ccc(C#N)cc1. The van der Waals surface area contributed by atoms with Gasteiger partial charge in [-0.3, -0.25) is 29.1 Å². The van der Waals surface area contributed by atoms with Crippen LogP contribution in [0.15, 0.2) is 109 Å². The average molecular weight is 1300 g/mol. The van der Waals surface area contributed by atoms with Gasteiger partial charge in [0.2, 0.25) is 0 Å². The van der Waals surface area contributed by atoms with Crippen LogP contribution >= 0.6 is 0 Å². The van der Waals surface area contributed by atoms with Crippen LogP contribution in [0.4, 0.5) is 0 Å². The first-order valence-electron chi connectivity index (χ1n) is 34.0.